The van der Waals surface area contributed by atoms with E-state index < -0.39 is 5.41 Å². The lowest BCUT2D eigenvalue weighted by molar-refractivity contribution is -0.122. The number of thiophene rings is 1. The number of likely N-dealkylation sites (N-methyl/N-ethyl adjacent to an activating group) is 1. The third-order valence-corrected chi connectivity index (χ3v) is 4.86. The fourth-order valence-electron chi connectivity index (χ4n) is 2.84. The summed E-state index contributed by atoms with van der Waals surface area (Å²) >= 11 is 1.42. The molecule has 1 aromatic carbocycles. The van der Waals surface area contributed by atoms with Crippen LogP contribution in [-0.2, 0) is 10.2 Å². The van der Waals surface area contributed by atoms with Crippen LogP contribution in [0.2, 0.25) is 0 Å². The Morgan fingerprint density at radius 1 is 1.25 bits per heavy atom. The van der Waals surface area contributed by atoms with Gasteiger partial charge < -0.3 is 4.90 Å². The predicted octanol–water partition coefficient (Wildman–Crippen LogP) is 3.26. The maximum Gasteiger partial charge on any atom is 0.237 e. The highest BCUT2D eigenvalue weighted by Crippen LogP contribution is 2.43. The second-order valence-corrected chi connectivity index (χ2v) is 6.24. The highest BCUT2D eigenvalue weighted by atomic mass is 32.1. The van der Waals surface area contributed by atoms with Crippen LogP contribution < -0.4 is 4.90 Å². The molecule has 2 heterocycles. The Kier molecular flexibility index (Phi) is 2.98. The summed E-state index contributed by atoms with van der Waals surface area (Å²) in [6.45, 7) is 1.86. The summed E-state index contributed by atoms with van der Waals surface area (Å²) in [4.78, 5) is 27.3. The number of ketones is 1. The molecule has 1 unspecified atom stereocenters. The molecule has 0 spiro atoms. The van der Waals surface area contributed by atoms with Crippen molar-refractivity contribution in [3.8, 4) is 0 Å². The minimum Gasteiger partial charge on any atom is -0.314 e. The van der Waals surface area contributed by atoms with Crippen LogP contribution >= 0.6 is 11.3 Å². The van der Waals surface area contributed by atoms with E-state index in [1.54, 1.807) is 11.9 Å². The van der Waals surface area contributed by atoms with Crippen LogP contribution in [0.4, 0.5) is 5.69 Å². The van der Waals surface area contributed by atoms with Crippen LogP contribution in [0.3, 0.4) is 0 Å². The van der Waals surface area contributed by atoms with Crippen LogP contribution in [0.1, 0.15) is 28.6 Å². The summed E-state index contributed by atoms with van der Waals surface area (Å²) in [6.07, 6.45) is 0.216. The lowest BCUT2D eigenvalue weighted by Gasteiger charge is -2.22. The van der Waals surface area contributed by atoms with Gasteiger partial charge >= 0.3 is 0 Å². The van der Waals surface area contributed by atoms with Crippen LogP contribution in [-0.4, -0.2) is 18.7 Å². The van der Waals surface area contributed by atoms with Crippen LogP contribution in [0, 0.1) is 0 Å². The number of nitrogens with zero attached hydrogens (tertiary/aromatic N) is 1. The first-order chi connectivity index (χ1) is 9.54. The fraction of sp³-hybridized carbons (Fsp3) is 0.250. The molecular formula is C16H15NO2S. The predicted molar refractivity (Wildman–Crippen MR) is 80.5 cm³/mol. The summed E-state index contributed by atoms with van der Waals surface area (Å²) in [7, 11) is 1.77. The standard InChI is InChI=1S/C16H15NO2S/c1-16(10-13(18)14-8-5-9-20-14)11-6-3-4-7-12(11)17(2)15(16)19/h3-9H,10H2,1-2H3. The second kappa shape index (κ2) is 4.56. The van der Waals surface area contributed by atoms with Gasteiger partial charge in [-0.2, -0.15) is 0 Å². The fourth-order valence-corrected chi connectivity index (χ4v) is 3.51. The van der Waals surface area contributed by atoms with Gasteiger partial charge in [0.05, 0.1) is 10.3 Å². The minimum atomic E-state index is -0.758. The Hall–Kier alpha value is -1.94. The van der Waals surface area contributed by atoms with E-state index in [1.165, 1.54) is 11.3 Å². The molecule has 1 atom stereocenters. The molecule has 0 saturated carbocycles. The maximum absolute atomic E-state index is 12.6. The van der Waals surface area contributed by atoms with Gasteiger partial charge in [0.2, 0.25) is 5.91 Å². The van der Waals surface area contributed by atoms with Gasteiger partial charge in [0.25, 0.3) is 0 Å². The Morgan fingerprint density at radius 2 is 2.00 bits per heavy atom. The molecule has 1 aliphatic rings. The van der Waals surface area contributed by atoms with Crippen molar-refractivity contribution in [3.05, 3.63) is 52.2 Å². The summed E-state index contributed by atoms with van der Waals surface area (Å²) < 4.78 is 0. The van der Waals surface area contributed by atoms with Gasteiger partial charge in [-0.1, -0.05) is 24.3 Å². The lowest BCUT2D eigenvalue weighted by atomic mass is 9.79. The minimum absolute atomic E-state index is 0.0105. The third-order valence-electron chi connectivity index (χ3n) is 3.95. The molecule has 3 rings (SSSR count). The molecule has 0 saturated heterocycles. The van der Waals surface area contributed by atoms with E-state index in [4.69, 9.17) is 0 Å². The first-order valence-electron chi connectivity index (χ1n) is 6.48. The zero-order valence-corrected chi connectivity index (χ0v) is 12.2. The Labute approximate surface area is 121 Å². The average molecular weight is 285 g/mol. The lowest BCUT2D eigenvalue weighted by Crippen LogP contribution is -2.37. The molecule has 1 aliphatic heterocycles. The smallest absolute Gasteiger partial charge is 0.237 e. The summed E-state index contributed by atoms with van der Waals surface area (Å²) in [5.74, 6) is 0.0181. The number of para-hydroxylation sites is 1. The van der Waals surface area contributed by atoms with E-state index >= 15 is 0 Å². The molecule has 0 N–H and O–H groups in total. The maximum atomic E-state index is 12.6. The Morgan fingerprint density at radius 3 is 2.70 bits per heavy atom. The number of anilines is 1. The SMILES string of the molecule is CN1C(=O)C(C)(CC(=O)c2cccs2)c2ccccc21. The van der Waals surface area contributed by atoms with Crippen molar-refractivity contribution in [2.45, 2.75) is 18.8 Å². The molecule has 4 heteroatoms. The molecule has 20 heavy (non-hydrogen) atoms. The van der Waals surface area contributed by atoms with E-state index in [1.807, 2.05) is 48.7 Å². The third kappa shape index (κ3) is 1.79. The van der Waals surface area contributed by atoms with Gasteiger partial charge in [0, 0.05) is 19.2 Å². The molecule has 1 amide bonds. The van der Waals surface area contributed by atoms with Gasteiger partial charge in [0.15, 0.2) is 5.78 Å². The normalized spacial score (nSPS) is 21.1. The van der Waals surface area contributed by atoms with Crippen molar-refractivity contribution < 1.29 is 9.59 Å². The zero-order chi connectivity index (χ0) is 14.3. The monoisotopic (exact) mass is 285 g/mol. The second-order valence-electron chi connectivity index (χ2n) is 5.29. The van der Waals surface area contributed by atoms with Crippen molar-refractivity contribution >= 4 is 28.7 Å². The van der Waals surface area contributed by atoms with Gasteiger partial charge in [-0.25, -0.2) is 0 Å². The molecule has 3 nitrogen and oxygen atoms in total. The molecule has 2 aromatic rings. The van der Waals surface area contributed by atoms with E-state index in [2.05, 4.69) is 0 Å². The molecule has 0 bridgehead atoms. The molecule has 102 valence electrons. The van der Waals surface area contributed by atoms with Crippen molar-refractivity contribution in [1.82, 2.24) is 0 Å². The first-order valence-corrected chi connectivity index (χ1v) is 7.36. The molecule has 0 radical (unpaired) electrons. The van der Waals surface area contributed by atoms with Gasteiger partial charge in [-0.05, 0) is 30.0 Å². The van der Waals surface area contributed by atoms with Crippen molar-refractivity contribution in [1.29, 1.82) is 0 Å². The number of fused-ring (bicyclic) bond motifs is 1. The number of rotatable bonds is 3. The molecular weight excluding hydrogens is 270 g/mol. The zero-order valence-electron chi connectivity index (χ0n) is 11.4. The Balaban J connectivity index is 2.00. The molecule has 1 aromatic heterocycles. The molecule has 0 aliphatic carbocycles. The van der Waals surface area contributed by atoms with Crippen LogP contribution in [0.5, 0.6) is 0 Å². The number of carbonyl (C=O) groups is 2. The van der Waals surface area contributed by atoms with E-state index in [-0.39, 0.29) is 18.1 Å². The summed E-state index contributed by atoms with van der Waals surface area (Å²) in [5.41, 5.74) is 1.09. The first kappa shape index (κ1) is 13.1. The molecule has 0 fully saturated rings. The van der Waals surface area contributed by atoms with Crippen LogP contribution in [0.25, 0.3) is 0 Å². The van der Waals surface area contributed by atoms with Gasteiger partial charge in [0.1, 0.15) is 0 Å². The number of benzene rings is 1. The van der Waals surface area contributed by atoms with Gasteiger partial charge in [-0.15, -0.1) is 11.3 Å². The number of hydrogen-bond acceptors (Lipinski definition) is 3. The van der Waals surface area contributed by atoms with E-state index in [9.17, 15) is 9.59 Å². The topological polar surface area (TPSA) is 37.4 Å². The Bertz CT molecular complexity index is 678. The van der Waals surface area contributed by atoms with E-state index in [0.29, 0.717) is 4.88 Å². The van der Waals surface area contributed by atoms with Crippen molar-refractivity contribution in [3.63, 3.8) is 0 Å². The quantitative estimate of drug-likeness (QED) is 0.812. The van der Waals surface area contributed by atoms with Gasteiger partial charge in [-0.3, -0.25) is 9.59 Å². The highest BCUT2D eigenvalue weighted by Gasteiger charge is 2.47. The van der Waals surface area contributed by atoms with Crippen molar-refractivity contribution in [2.24, 2.45) is 0 Å². The number of carbonyl (C=O) groups excluding carboxylic acids is 2. The average Bonchev–Trinajstić information content (AvgIpc) is 3.04. The number of Topliss-reactive ketones (excluding diaryl/α,β-unsaturated/α-hetero) is 1. The van der Waals surface area contributed by atoms with E-state index in [0.717, 1.165) is 11.3 Å². The summed E-state index contributed by atoms with van der Waals surface area (Å²) in [5, 5.41) is 1.88. The summed E-state index contributed by atoms with van der Waals surface area (Å²) in [6, 6.07) is 11.4. The van der Waals surface area contributed by atoms with Crippen molar-refractivity contribution in [2.75, 3.05) is 11.9 Å². The largest absolute Gasteiger partial charge is 0.314 e. The highest BCUT2D eigenvalue weighted by molar-refractivity contribution is 7.12. The van der Waals surface area contributed by atoms with Crippen LogP contribution in [0.15, 0.2) is 41.8 Å². The number of hydrogen-bond donors (Lipinski definition) is 0. The number of amides is 1.